The molecule has 0 aliphatic rings. The molecule has 0 amide bonds. The monoisotopic (exact) mass is 334 g/mol. The van der Waals surface area contributed by atoms with E-state index >= 15 is 0 Å². The first-order valence-corrected chi connectivity index (χ1v) is 8.46. The van der Waals surface area contributed by atoms with Crippen LogP contribution in [0.5, 0.6) is 0 Å². The van der Waals surface area contributed by atoms with Crippen molar-refractivity contribution in [3.8, 4) is 0 Å². The Labute approximate surface area is 135 Å². The van der Waals surface area contributed by atoms with E-state index in [4.69, 9.17) is 0 Å². The van der Waals surface area contributed by atoms with Crippen molar-refractivity contribution in [2.75, 3.05) is 4.72 Å². The lowest BCUT2D eigenvalue weighted by atomic mass is 9.87. The molecule has 1 N–H and O–H groups in total. The van der Waals surface area contributed by atoms with E-state index in [0.717, 1.165) is 17.7 Å². The van der Waals surface area contributed by atoms with E-state index in [1.54, 1.807) is 12.1 Å². The van der Waals surface area contributed by atoms with Crippen LogP contribution in [0, 0.1) is 10.1 Å². The van der Waals surface area contributed by atoms with Gasteiger partial charge in [-0.05, 0) is 35.2 Å². The molecule has 0 saturated carbocycles. The molecule has 2 aromatic carbocycles. The summed E-state index contributed by atoms with van der Waals surface area (Å²) in [5, 5.41) is 10.6. The van der Waals surface area contributed by atoms with Gasteiger partial charge in [0, 0.05) is 17.8 Å². The number of hydrogen-bond acceptors (Lipinski definition) is 4. The Morgan fingerprint density at radius 3 is 1.91 bits per heavy atom. The zero-order chi connectivity index (χ0) is 17.3. The molecule has 0 spiro atoms. The molecule has 0 aromatic heterocycles. The molecule has 2 aromatic rings. The summed E-state index contributed by atoms with van der Waals surface area (Å²) in [5.74, 6) is 0. The lowest BCUT2D eigenvalue weighted by molar-refractivity contribution is -0.384. The van der Waals surface area contributed by atoms with E-state index in [0.29, 0.717) is 5.69 Å². The van der Waals surface area contributed by atoms with Gasteiger partial charge in [0.25, 0.3) is 15.7 Å². The molecule has 0 heterocycles. The predicted octanol–water partition coefficient (Wildman–Crippen LogP) is 3.69. The van der Waals surface area contributed by atoms with Gasteiger partial charge in [0.05, 0.1) is 9.82 Å². The number of anilines is 1. The topological polar surface area (TPSA) is 89.3 Å². The van der Waals surface area contributed by atoms with Crippen LogP contribution in [-0.4, -0.2) is 13.3 Å². The van der Waals surface area contributed by atoms with E-state index in [1.807, 2.05) is 12.1 Å². The Morgan fingerprint density at radius 1 is 0.957 bits per heavy atom. The molecule has 7 heteroatoms. The second-order valence-corrected chi connectivity index (χ2v) is 7.87. The molecule has 0 bridgehead atoms. The molecule has 0 aliphatic carbocycles. The molecular weight excluding hydrogens is 316 g/mol. The van der Waals surface area contributed by atoms with Crippen molar-refractivity contribution in [2.45, 2.75) is 31.1 Å². The first-order valence-electron chi connectivity index (χ1n) is 6.97. The highest BCUT2D eigenvalue weighted by atomic mass is 32.2. The molecule has 0 aliphatic heterocycles. The molecule has 0 saturated heterocycles. The van der Waals surface area contributed by atoms with Crippen molar-refractivity contribution < 1.29 is 13.3 Å². The van der Waals surface area contributed by atoms with Crippen LogP contribution < -0.4 is 4.72 Å². The fraction of sp³-hybridized carbons (Fsp3) is 0.250. The SMILES string of the molecule is CC(C)(C)c1ccc(NS(=O)(=O)c2ccc([N+](=O)[O-])cc2)cc1. The van der Waals surface area contributed by atoms with E-state index < -0.39 is 14.9 Å². The van der Waals surface area contributed by atoms with Gasteiger partial charge < -0.3 is 0 Å². The molecule has 2 rings (SSSR count). The average molecular weight is 334 g/mol. The molecule has 23 heavy (non-hydrogen) atoms. The summed E-state index contributed by atoms with van der Waals surface area (Å²) in [5.41, 5.74) is 1.36. The van der Waals surface area contributed by atoms with Crippen molar-refractivity contribution in [3.63, 3.8) is 0 Å². The van der Waals surface area contributed by atoms with Crippen LogP contribution in [0.4, 0.5) is 11.4 Å². The van der Waals surface area contributed by atoms with Crippen LogP contribution in [0.15, 0.2) is 53.4 Å². The molecular formula is C16H18N2O4S. The van der Waals surface area contributed by atoms with Crippen LogP contribution in [-0.2, 0) is 15.4 Å². The number of benzene rings is 2. The van der Waals surface area contributed by atoms with E-state index in [2.05, 4.69) is 25.5 Å². The van der Waals surface area contributed by atoms with Crippen LogP contribution in [0.3, 0.4) is 0 Å². The fourth-order valence-corrected chi connectivity index (χ4v) is 3.06. The van der Waals surface area contributed by atoms with Gasteiger partial charge in [0.1, 0.15) is 0 Å². The van der Waals surface area contributed by atoms with Gasteiger partial charge in [0.2, 0.25) is 0 Å². The van der Waals surface area contributed by atoms with Crippen molar-refractivity contribution in [3.05, 3.63) is 64.2 Å². The largest absolute Gasteiger partial charge is 0.280 e. The lowest BCUT2D eigenvalue weighted by Gasteiger charge is -2.19. The van der Waals surface area contributed by atoms with Crippen molar-refractivity contribution in [1.29, 1.82) is 0 Å². The van der Waals surface area contributed by atoms with E-state index in [9.17, 15) is 18.5 Å². The number of non-ortho nitro benzene ring substituents is 1. The van der Waals surface area contributed by atoms with Gasteiger partial charge in [-0.2, -0.15) is 0 Å². The van der Waals surface area contributed by atoms with Crippen molar-refractivity contribution in [1.82, 2.24) is 0 Å². The Morgan fingerprint density at radius 2 is 1.48 bits per heavy atom. The normalized spacial score (nSPS) is 12.0. The average Bonchev–Trinajstić information content (AvgIpc) is 2.46. The molecule has 6 nitrogen and oxygen atoms in total. The summed E-state index contributed by atoms with van der Waals surface area (Å²) >= 11 is 0. The number of nitrogens with one attached hydrogen (secondary N) is 1. The summed E-state index contributed by atoms with van der Waals surface area (Å²) in [4.78, 5) is 10.0. The summed E-state index contributed by atoms with van der Waals surface area (Å²) < 4.78 is 27.0. The number of nitrogens with zero attached hydrogens (tertiary/aromatic N) is 1. The minimum Gasteiger partial charge on any atom is -0.280 e. The maximum Gasteiger partial charge on any atom is 0.269 e. The zero-order valence-electron chi connectivity index (χ0n) is 13.1. The quantitative estimate of drug-likeness (QED) is 0.682. The Bertz CT molecular complexity index is 805. The van der Waals surface area contributed by atoms with Gasteiger partial charge >= 0.3 is 0 Å². The molecule has 0 unspecified atom stereocenters. The second-order valence-electron chi connectivity index (χ2n) is 6.18. The highest BCUT2D eigenvalue weighted by Gasteiger charge is 2.17. The molecule has 0 radical (unpaired) electrons. The zero-order valence-corrected chi connectivity index (χ0v) is 13.9. The van der Waals surface area contributed by atoms with Gasteiger partial charge in [-0.1, -0.05) is 32.9 Å². The first-order chi connectivity index (χ1) is 10.6. The van der Waals surface area contributed by atoms with Crippen molar-refractivity contribution >= 4 is 21.4 Å². The van der Waals surface area contributed by atoms with E-state index in [1.165, 1.54) is 12.1 Å². The highest BCUT2D eigenvalue weighted by molar-refractivity contribution is 7.92. The summed E-state index contributed by atoms with van der Waals surface area (Å²) in [6, 6.07) is 11.9. The van der Waals surface area contributed by atoms with Gasteiger partial charge in [-0.3, -0.25) is 14.8 Å². The molecule has 0 atom stereocenters. The first kappa shape index (κ1) is 17.0. The number of nitro benzene ring substituents is 1. The predicted molar refractivity (Wildman–Crippen MR) is 89.0 cm³/mol. The Balaban J connectivity index is 2.22. The summed E-state index contributed by atoms with van der Waals surface area (Å²) in [6.45, 7) is 6.22. The fourth-order valence-electron chi connectivity index (χ4n) is 2.00. The van der Waals surface area contributed by atoms with Gasteiger partial charge in [0.15, 0.2) is 0 Å². The molecule has 0 fully saturated rings. The van der Waals surface area contributed by atoms with Crippen LogP contribution in [0.2, 0.25) is 0 Å². The number of hydrogen-bond donors (Lipinski definition) is 1. The van der Waals surface area contributed by atoms with Crippen LogP contribution in [0.1, 0.15) is 26.3 Å². The summed E-state index contributed by atoms with van der Waals surface area (Å²) in [6.07, 6.45) is 0. The molecule has 122 valence electrons. The number of sulfonamides is 1. The third-order valence-corrected chi connectivity index (χ3v) is 4.76. The third-order valence-electron chi connectivity index (χ3n) is 3.36. The number of rotatable bonds is 4. The number of nitro groups is 1. The standard InChI is InChI=1S/C16H18N2O4S/c1-16(2,3)12-4-6-13(7-5-12)17-23(21,22)15-10-8-14(9-11-15)18(19)20/h4-11,17H,1-3H3. The summed E-state index contributed by atoms with van der Waals surface area (Å²) in [7, 11) is -3.78. The van der Waals surface area contributed by atoms with Crippen LogP contribution >= 0.6 is 0 Å². The Kier molecular flexibility index (Phi) is 4.42. The van der Waals surface area contributed by atoms with Crippen molar-refractivity contribution in [2.24, 2.45) is 0 Å². The Hall–Kier alpha value is -2.41. The van der Waals surface area contributed by atoms with Gasteiger partial charge in [-0.15, -0.1) is 0 Å². The smallest absolute Gasteiger partial charge is 0.269 e. The highest BCUT2D eigenvalue weighted by Crippen LogP contribution is 2.25. The van der Waals surface area contributed by atoms with Gasteiger partial charge in [-0.25, -0.2) is 8.42 Å². The van der Waals surface area contributed by atoms with E-state index in [-0.39, 0.29) is 16.0 Å². The van der Waals surface area contributed by atoms with Crippen LogP contribution in [0.25, 0.3) is 0 Å². The minimum atomic E-state index is -3.78. The third kappa shape index (κ3) is 4.07. The maximum absolute atomic E-state index is 12.3. The lowest BCUT2D eigenvalue weighted by Crippen LogP contribution is -2.14. The maximum atomic E-state index is 12.3. The minimum absolute atomic E-state index is 0.0181. The second kappa shape index (κ2) is 6.00.